The summed E-state index contributed by atoms with van der Waals surface area (Å²) in [6.07, 6.45) is 3.67. The number of halogens is 1. The maximum absolute atomic E-state index is 15.3. The predicted molar refractivity (Wildman–Crippen MR) is 144 cm³/mol. The van der Waals surface area contributed by atoms with E-state index in [1.807, 2.05) is 18.2 Å². The van der Waals surface area contributed by atoms with E-state index in [1.54, 1.807) is 36.4 Å². The molecule has 9 nitrogen and oxygen atoms in total. The van der Waals surface area contributed by atoms with Crippen LogP contribution < -0.4 is 19.7 Å². The van der Waals surface area contributed by atoms with Crippen LogP contribution in [0.4, 0.5) is 10.1 Å². The Balaban J connectivity index is 1.64. The lowest BCUT2D eigenvalue weighted by Gasteiger charge is -2.33. The summed E-state index contributed by atoms with van der Waals surface area (Å²) in [6, 6.07) is 16.8. The molecule has 1 fully saturated rings. The van der Waals surface area contributed by atoms with Gasteiger partial charge in [0.2, 0.25) is 11.8 Å². The Morgan fingerprint density at radius 2 is 1.79 bits per heavy atom. The van der Waals surface area contributed by atoms with Crippen molar-refractivity contribution in [2.75, 3.05) is 19.1 Å². The van der Waals surface area contributed by atoms with Gasteiger partial charge in [-0.1, -0.05) is 48.4 Å². The molecule has 1 aliphatic carbocycles. The van der Waals surface area contributed by atoms with Crippen molar-refractivity contribution in [2.24, 2.45) is 0 Å². The van der Waals surface area contributed by atoms with E-state index in [-0.39, 0.29) is 18.2 Å². The Morgan fingerprint density at radius 1 is 1.05 bits per heavy atom. The van der Waals surface area contributed by atoms with Gasteiger partial charge in [0.1, 0.15) is 35.4 Å². The highest BCUT2D eigenvalue weighted by molar-refractivity contribution is 6.02. The van der Waals surface area contributed by atoms with Crippen LogP contribution >= 0.6 is 0 Å². The van der Waals surface area contributed by atoms with E-state index < -0.39 is 23.7 Å². The van der Waals surface area contributed by atoms with Gasteiger partial charge in [-0.3, -0.25) is 14.5 Å². The zero-order chi connectivity index (χ0) is 27.4. The summed E-state index contributed by atoms with van der Waals surface area (Å²) in [5, 5.41) is 11.4. The second-order valence-corrected chi connectivity index (χ2v) is 9.45. The standard InChI is InChI=1S/C29H30FN5O4/c1-38-20-15-16-25(26(17-20)39-2)35(27(36)18-34-24-14-8-7-13-23(24)32-33-34)28(21-11-5-6-12-22(21)30)29(37)31-19-9-3-4-10-19/h5-8,11-17,19,28H,3-4,9-10,18H2,1-2H3,(H,31,37)/t28-/m1/s1. The summed E-state index contributed by atoms with van der Waals surface area (Å²) >= 11 is 0. The molecule has 0 aliphatic heterocycles. The molecule has 202 valence electrons. The third-order valence-corrected chi connectivity index (χ3v) is 7.03. The number of carbonyl (C=O) groups excluding carboxylic acids is 2. The second-order valence-electron chi connectivity index (χ2n) is 9.45. The molecule has 0 unspecified atom stereocenters. The third-order valence-electron chi connectivity index (χ3n) is 7.03. The van der Waals surface area contributed by atoms with Crippen LogP contribution in [0.25, 0.3) is 11.0 Å². The first-order valence-electron chi connectivity index (χ1n) is 12.9. The van der Waals surface area contributed by atoms with Crippen molar-refractivity contribution in [1.29, 1.82) is 0 Å². The monoisotopic (exact) mass is 531 g/mol. The summed E-state index contributed by atoms with van der Waals surface area (Å²) in [6.45, 7) is -0.239. The molecule has 1 N–H and O–H groups in total. The molecule has 2 amide bonds. The van der Waals surface area contributed by atoms with Gasteiger partial charge in [-0.25, -0.2) is 9.07 Å². The maximum atomic E-state index is 15.3. The molecule has 1 aromatic heterocycles. The molecule has 0 spiro atoms. The number of benzene rings is 3. The Hall–Kier alpha value is -4.47. The zero-order valence-corrected chi connectivity index (χ0v) is 21.8. The Bertz CT molecular complexity index is 1480. The molecule has 1 saturated carbocycles. The lowest BCUT2D eigenvalue weighted by molar-refractivity contribution is -0.127. The molecule has 1 atom stereocenters. The normalized spacial score (nSPS) is 14.2. The SMILES string of the molecule is COc1ccc(N(C(=O)Cn2nnc3ccccc32)[C@@H](C(=O)NC2CCCC2)c2ccccc2F)c(OC)c1. The highest BCUT2D eigenvalue weighted by Crippen LogP contribution is 2.38. The van der Waals surface area contributed by atoms with E-state index in [1.165, 1.54) is 35.9 Å². The number of para-hydroxylation sites is 1. The number of anilines is 1. The number of methoxy groups -OCH3 is 2. The van der Waals surface area contributed by atoms with Crippen LogP contribution in [0.2, 0.25) is 0 Å². The van der Waals surface area contributed by atoms with E-state index in [0.29, 0.717) is 28.2 Å². The van der Waals surface area contributed by atoms with Gasteiger partial charge in [0.25, 0.3) is 0 Å². The van der Waals surface area contributed by atoms with Crippen molar-refractivity contribution in [3.63, 3.8) is 0 Å². The number of carbonyl (C=O) groups is 2. The molecule has 4 aromatic rings. The number of rotatable bonds is 9. The molecular weight excluding hydrogens is 501 g/mol. The highest BCUT2D eigenvalue weighted by atomic mass is 19.1. The van der Waals surface area contributed by atoms with Gasteiger partial charge in [0.05, 0.1) is 25.4 Å². The number of aromatic nitrogens is 3. The quantitative estimate of drug-likeness (QED) is 0.343. The van der Waals surface area contributed by atoms with Crippen LogP contribution in [0.3, 0.4) is 0 Å². The van der Waals surface area contributed by atoms with Crippen molar-refractivity contribution in [3.05, 3.63) is 78.1 Å². The summed E-state index contributed by atoms with van der Waals surface area (Å²) in [7, 11) is 2.98. The average molecular weight is 532 g/mol. The number of nitrogens with zero attached hydrogens (tertiary/aromatic N) is 4. The summed E-state index contributed by atoms with van der Waals surface area (Å²) in [4.78, 5) is 29.4. The fraction of sp³-hybridized carbons (Fsp3) is 0.310. The topological polar surface area (TPSA) is 98.6 Å². The van der Waals surface area contributed by atoms with Gasteiger partial charge < -0.3 is 14.8 Å². The van der Waals surface area contributed by atoms with Crippen molar-refractivity contribution in [2.45, 2.75) is 44.3 Å². The van der Waals surface area contributed by atoms with Crippen LogP contribution in [-0.2, 0) is 16.1 Å². The number of amides is 2. The minimum atomic E-state index is -1.31. The predicted octanol–water partition coefficient (Wildman–Crippen LogP) is 4.42. The van der Waals surface area contributed by atoms with Crippen LogP contribution in [0.1, 0.15) is 37.3 Å². The molecular formula is C29H30FN5O4. The number of hydrogen-bond donors (Lipinski definition) is 1. The molecule has 0 bridgehead atoms. The van der Waals surface area contributed by atoms with Crippen LogP contribution in [0.5, 0.6) is 11.5 Å². The maximum Gasteiger partial charge on any atom is 0.249 e. The summed E-state index contributed by atoms with van der Waals surface area (Å²) < 4.78 is 27.8. The number of nitrogens with one attached hydrogen (secondary N) is 1. The van der Waals surface area contributed by atoms with E-state index >= 15 is 4.39 Å². The van der Waals surface area contributed by atoms with Crippen LogP contribution in [0, 0.1) is 5.82 Å². The van der Waals surface area contributed by atoms with E-state index in [2.05, 4.69) is 15.6 Å². The first-order valence-corrected chi connectivity index (χ1v) is 12.9. The molecule has 0 saturated heterocycles. The van der Waals surface area contributed by atoms with E-state index in [4.69, 9.17) is 9.47 Å². The average Bonchev–Trinajstić information content (AvgIpc) is 3.62. The van der Waals surface area contributed by atoms with E-state index in [9.17, 15) is 9.59 Å². The van der Waals surface area contributed by atoms with Crippen LogP contribution in [-0.4, -0.2) is 47.1 Å². The van der Waals surface area contributed by atoms with Gasteiger partial charge in [0.15, 0.2) is 0 Å². The molecule has 3 aromatic carbocycles. The molecule has 0 radical (unpaired) electrons. The first kappa shape index (κ1) is 26.1. The summed E-state index contributed by atoms with van der Waals surface area (Å²) in [5.41, 5.74) is 1.65. The number of ether oxygens (including phenoxy) is 2. The fourth-order valence-electron chi connectivity index (χ4n) is 5.08. The first-order chi connectivity index (χ1) is 19.0. The van der Waals surface area contributed by atoms with Crippen molar-refractivity contribution in [1.82, 2.24) is 20.3 Å². The van der Waals surface area contributed by atoms with Gasteiger partial charge in [-0.15, -0.1) is 5.10 Å². The minimum Gasteiger partial charge on any atom is -0.497 e. The zero-order valence-electron chi connectivity index (χ0n) is 21.8. The van der Waals surface area contributed by atoms with Gasteiger partial charge in [-0.2, -0.15) is 0 Å². The fourth-order valence-corrected chi connectivity index (χ4v) is 5.08. The Morgan fingerprint density at radius 3 is 2.54 bits per heavy atom. The molecule has 5 rings (SSSR count). The number of fused-ring (bicyclic) bond motifs is 1. The summed E-state index contributed by atoms with van der Waals surface area (Å²) in [5.74, 6) is -0.768. The minimum absolute atomic E-state index is 0.0410. The van der Waals surface area contributed by atoms with Crippen LogP contribution in [0.15, 0.2) is 66.7 Å². The molecule has 10 heteroatoms. The van der Waals surface area contributed by atoms with Crippen molar-refractivity contribution in [3.8, 4) is 11.5 Å². The molecule has 1 aliphatic rings. The Labute approximate surface area is 225 Å². The molecule has 39 heavy (non-hydrogen) atoms. The lowest BCUT2D eigenvalue weighted by atomic mass is 10.0. The van der Waals surface area contributed by atoms with Crippen molar-refractivity contribution < 1.29 is 23.5 Å². The van der Waals surface area contributed by atoms with E-state index in [0.717, 1.165) is 25.7 Å². The lowest BCUT2D eigenvalue weighted by Crippen LogP contribution is -2.47. The third kappa shape index (κ3) is 5.41. The molecule has 1 heterocycles. The Kier molecular flexibility index (Phi) is 7.72. The smallest absolute Gasteiger partial charge is 0.249 e. The van der Waals surface area contributed by atoms with Gasteiger partial charge in [-0.05, 0) is 43.2 Å². The second kappa shape index (κ2) is 11.5. The largest absolute Gasteiger partial charge is 0.497 e. The van der Waals surface area contributed by atoms with Gasteiger partial charge >= 0.3 is 0 Å². The van der Waals surface area contributed by atoms with Crippen molar-refractivity contribution >= 4 is 28.5 Å². The van der Waals surface area contributed by atoms with Gasteiger partial charge in [0, 0.05) is 17.7 Å². The highest BCUT2D eigenvalue weighted by Gasteiger charge is 2.37. The number of hydrogen-bond acceptors (Lipinski definition) is 6.